The first kappa shape index (κ1) is 13.7. The van der Waals surface area contributed by atoms with Crippen LogP contribution in [0, 0.1) is 10.1 Å². The molecule has 0 atom stereocenters. The maximum Gasteiger partial charge on any atom is 0.296 e. The van der Waals surface area contributed by atoms with Crippen molar-refractivity contribution in [1.29, 1.82) is 0 Å². The van der Waals surface area contributed by atoms with Gasteiger partial charge < -0.3 is 19.3 Å². The Morgan fingerprint density at radius 3 is 2.60 bits per heavy atom. The standard InChI is InChI=1S/C12H13N3O5/c1-18-11-5-9(13-7-8-3-4-20-14-8)10(15(16)17)6-12(11)19-2/h3-6,13H,7H2,1-2H3. The van der Waals surface area contributed by atoms with Crippen molar-refractivity contribution >= 4 is 11.4 Å². The van der Waals surface area contributed by atoms with Crippen LogP contribution < -0.4 is 14.8 Å². The molecule has 2 aromatic rings. The molecular weight excluding hydrogens is 266 g/mol. The second-order valence-corrected chi connectivity index (χ2v) is 3.83. The summed E-state index contributed by atoms with van der Waals surface area (Å²) in [6.07, 6.45) is 1.43. The number of benzene rings is 1. The fourth-order valence-electron chi connectivity index (χ4n) is 1.68. The Bertz CT molecular complexity index is 597. The monoisotopic (exact) mass is 279 g/mol. The van der Waals surface area contributed by atoms with Crippen molar-refractivity contribution in [3.63, 3.8) is 0 Å². The lowest BCUT2D eigenvalue weighted by molar-refractivity contribution is -0.384. The molecule has 1 heterocycles. The third kappa shape index (κ3) is 2.79. The van der Waals surface area contributed by atoms with E-state index in [1.54, 1.807) is 6.07 Å². The predicted molar refractivity (Wildman–Crippen MR) is 70.0 cm³/mol. The summed E-state index contributed by atoms with van der Waals surface area (Å²) in [6, 6.07) is 4.49. The van der Waals surface area contributed by atoms with Crippen molar-refractivity contribution in [1.82, 2.24) is 5.16 Å². The van der Waals surface area contributed by atoms with Crippen LogP contribution in [0.1, 0.15) is 5.69 Å². The molecule has 0 spiro atoms. The summed E-state index contributed by atoms with van der Waals surface area (Å²) < 4.78 is 14.9. The van der Waals surface area contributed by atoms with Gasteiger partial charge in [0.15, 0.2) is 11.5 Å². The van der Waals surface area contributed by atoms with E-state index >= 15 is 0 Å². The van der Waals surface area contributed by atoms with Gasteiger partial charge >= 0.3 is 0 Å². The average Bonchev–Trinajstić information content (AvgIpc) is 2.97. The lowest BCUT2D eigenvalue weighted by Gasteiger charge is -2.11. The van der Waals surface area contributed by atoms with E-state index in [0.29, 0.717) is 29.4 Å². The van der Waals surface area contributed by atoms with E-state index in [1.807, 2.05) is 0 Å². The Hall–Kier alpha value is -2.77. The van der Waals surface area contributed by atoms with E-state index in [0.717, 1.165) is 0 Å². The zero-order chi connectivity index (χ0) is 14.5. The quantitative estimate of drug-likeness (QED) is 0.639. The average molecular weight is 279 g/mol. The zero-order valence-electron chi connectivity index (χ0n) is 11.0. The van der Waals surface area contributed by atoms with Crippen LogP contribution in [-0.2, 0) is 6.54 Å². The van der Waals surface area contributed by atoms with Crippen LogP contribution in [0.25, 0.3) is 0 Å². The Labute approximate surface area is 114 Å². The molecule has 0 bridgehead atoms. The summed E-state index contributed by atoms with van der Waals surface area (Å²) in [5.74, 6) is 0.701. The first-order chi connectivity index (χ1) is 9.65. The number of ether oxygens (including phenoxy) is 2. The van der Waals surface area contributed by atoms with Gasteiger partial charge in [-0.3, -0.25) is 10.1 Å². The van der Waals surface area contributed by atoms with Crippen molar-refractivity contribution < 1.29 is 18.9 Å². The number of nitrogens with one attached hydrogen (secondary N) is 1. The molecule has 2 rings (SSSR count). The number of hydrogen-bond donors (Lipinski definition) is 1. The number of methoxy groups -OCH3 is 2. The van der Waals surface area contributed by atoms with Gasteiger partial charge in [0, 0.05) is 12.1 Å². The molecule has 0 saturated heterocycles. The van der Waals surface area contributed by atoms with Gasteiger partial charge in [-0.05, 0) is 0 Å². The molecule has 20 heavy (non-hydrogen) atoms. The maximum atomic E-state index is 11.1. The Morgan fingerprint density at radius 2 is 2.05 bits per heavy atom. The van der Waals surface area contributed by atoms with E-state index in [1.165, 1.54) is 32.6 Å². The van der Waals surface area contributed by atoms with Crippen molar-refractivity contribution in [3.8, 4) is 11.5 Å². The van der Waals surface area contributed by atoms with Gasteiger partial charge in [0.25, 0.3) is 5.69 Å². The number of anilines is 1. The number of hydrogen-bond acceptors (Lipinski definition) is 7. The SMILES string of the molecule is COc1cc(NCc2ccon2)c([N+](=O)[O-])cc1OC. The van der Waals surface area contributed by atoms with E-state index in [2.05, 4.69) is 10.5 Å². The molecule has 1 aromatic carbocycles. The van der Waals surface area contributed by atoms with Crippen molar-refractivity contribution in [2.45, 2.75) is 6.54 Å². The van der Waals surface area contributed by atoms with Crippen molar-refractivity contribution in [2.24, 2.45) is 0 Å². The number of aromatic nitrogens is 1. The summed E-state index contributed by atoms with van der Waals surface area (Å²) in [5, 5.41) is 17.7. The molecule has 0 unspecified atom stereocenters. The molecule has 0 radical (unpaired) electrons. The highest BCUT2D eigenvalue weighted by atomic mass is 16.6. The Balaban J connectivity index is 2.31. The lowest BCUT2D eigenvalue weighted by Crippen LogP contribution is -2.04. The second-order valence-electron chi connectivity index (χ2n) is 3.83. The van der Waals surface area contributed by atoms with E-state index in [4.69, 9.17) is 14.0 Å². The number of nitrogens with zero attached hydrogens (tertiary/aromatic N) is 2. The van der Waals surface area contributed by atoms with Crippen molar-refractivity contribution in [3.05, 3.63) is 40.3 Å². The Kier molecular flexibility index (Phi) is 4.04. The molecule has 8 nitrogen and oxygen atoms in total. The summed E-state index contributed by atoms with van der Waals surface area (Å²) in [4.78, 5) is 10.6. The first-order valence-corrected chi connectivity index (χ1v) is 5.69. The number of rotatable bonds is 6. The summed E-state index contributed by atoms with van der Waals surface area (Å²) in [7, 11) is 2.88. The number of nitro groups is 1. The van der Waals surface area contributed by atoms with Crippen LogP contribution in [-0.4, -0.2) is 24.3 Å². The molecule has 0 fully saturated rings. The molecule has 106 valence electrons. The van der Waals surface area contributed by atoms with E-state index in [-0.39, 0.29) is 5.69 Å². The third-order valence-corrected chi connectivity index (χ3v) is 2.65. The highest BCUT2D eigenvalue weighted by Crippen LogP contribution is 2.37. The summed E-state index contributed by atoms with van der Waals surface area (Å²) in [6.45, 7) is 0.298. The smallest absolute Gasteiger partial charge is 0.296 e. The van der Waals surface area contributed by atoms with Crippen molar-refractivity contribution in [2.75, 3.05) is 19.5 Å². The molecule has 0 aliphatic heterocycles. The molecule has 1 N–H and O–H groups in total. The lowest BCUT2D eigenvalue weighted by atomic mass is 10.2. The summed E-state index contributed by atoms with van der Waals surface area (Å²) >= 11 is 0. The highest BCUT2D eigenvalue weighted by Gasteiger charge is 2.19. The van der Waals surface area contributed by atoms with Crippen LogP contribution >= 0.6 is 0 Å². The van der Waals surface area contributed by atoms with Gasteiger partial charge in [0.1, 0.15) is 17.6 Å². The van der Waals surface area contributed by atoms with Gasteiger partial charge in [0.05, 0.1) is 31.8 Å². The molecule has 8 heteroatoms. The van der Waals surface area contributed by atoms with Gasteiger partial charge in [-0.15, -0.1) is 0 Å². The Morgan fingerprint density at radius 1 is 1.35 bits per heavy atom. The molecule has 0 amide bonds. The van der Waals surface area contributed by atoms with E-state index < -0.39 is 4.92 Å². The fraction of sp³-hybridized carbons (Fsp3) is 0.250. The van der Waals surface area contributed by atoms with Gasteiger partial charge in [-0.1, -0.05) is 5.16 Å². The zero-order valence-corrected chi connectivity index (χ0v) is 11.0. The largest absolute Gasteiger partial charge is 0.493 e. The first-order valence-electron chi connectivity index (χ1n) is 5.69. The fourth-order valence-corrected chi connectivity index (χ4v) is 1.68. The predicted octanol–water partition coefficient (Wildman–Crippen LogP) is 2.21. The van der Waals surface area contributed by atoms with Crippen LogP contribution in [0.15, 0.2) is 29.0 Å². The highest BCUT2D eigenvalue weighted by molar-refractivity contribution is 5.68. The molecule has 0 saturated carbocycles. The molecule has 1 aromatic heterocycles. The number of nitro benzene ring substituents is 1. The van der Waals surface area contributed by atoms with Crippen LogP contribution in [0.2, 0.25) is 0 Å². The van der Waals surface area contributed by atoms with Crippen LogP contribution in [0.3, 0.4) is 0 Å². The normalized spacial score (nSPS) is 10.1. The minimum Gasteiger partial charge on any atom is -0.493 e. The topological polar surface area (TPSA) is 99.7 Å². The van der Waals surface area contributed by atoms with Gasteiger partial charge in [-0.2, -0.15) is 0 Å². The van der Waals surface area contributed by atoms with Gasteiger partial charge in [-0.25, -0.2) is 0 Å². The molecule has 0 aliphatic rings. The molecule has 0 aliphatic carbocycles. The van der Waals surface area contributed by atoms with Crippen LogP contribution in [0.4, 0.5) is 11.4 Å². The summed E-state index contributed by atoms with van der Waals surface area (Å²) in [5.41, 5.74) is 0.843. The second kappa shape index (κ2) is 5.91. The van der Waals surface area contributed by atoms with Crippen LogP contribution in [0.5, 0.6) is 11.5 Å². The molecular formula is C12H13N3O5. The third-order valence-electron chi connectivity index (χ3n) is 2.65. The van der Waals surface area contributed by atoms with Gasteiger partial charge in [0.2, 0.25) is 0 Å². The van der Waals surface area contributed by atoms with E-state index in [9.17, 15) is 10.1 Å². The minimum atomic E-state index is -0.493. The minimum absolute atomic E-state index is 0.105. The maximum absolute atomic E-state index is 11.1.